The first-order valence-corrected chi connectivity index (χ1v) is 8.49. The van der Waals surface area contributed by atoms with Crippen molar-refractivity contribution in [1.82, 2.24) is 9.80 Å². The summed E-state index contributed by atoms with van der Waals surface area (Å²) >= 11 is 12.1. The van der Waals surface area contributed by atoms with Gasteiger partial charge in [-0.25, -0.2) is 4.79 Å². The number of urea groups is 1. The zero-order chi connectivity index (χ0) is 16.6. The third kappa shape index (κ3) is 2.76. The van der Waals surface area contributed by atoms with Gasteiger partial charge in [0, 0.05) is 20.1 Å². The monoisotopic (exact) mass is 355 g/mol. The van der Waals surface area contributed by atoms with Crippen molar-refractivity contribution in [2.45, 2.75) is 31.2 Å². The van der Waals surface area contributed by atoms with E-state index in [0.29, 0.717) is 35.1 Å². The van der Waals surface area contributed by atoms with E-state index in [1.807, 2.05) is 0 Å². The number of likely N-dealkylation sites (tertiary alicyclic amines) is 2. The van der Waals surface area contributed by atoms with Gasteiger partial charge in [0.25, 0.3) is 0 Å². The van der Waals surface area contributed by atoms with Crippen LogP contribution in [-0.4, -0.2) is 47.4 Å². The molecule has 1 N–H and O–H groups in total. The van der Waals surface area contributed by atoms with E-state index < -0.39 is 5.54 Å². The number of nitrogens with zero attached hydrogens (tertiary/aromatic N) is 2. The summed E-state index contributed by atoms with van der Waals surface area (Å²) in [6, 6.07) is 4.79. The van der Waals surface area contributed by atoms with E-state index in [4.69, 9.17) is 23.2 Å². The van der Waals surface area contributed by atoms with E-state index >= 15 is 0 Å². The molecule has 0 bridgehead atoms. The minimum absolute atomic E-state index is 0.0357. The number of carbonyl (C=O) groups is 2. The molecule has 2 heterocycles. The smallest absolute Gasteiger partial charge is 0.322 e. The Morgan fingerprint density at radius 2 is 1.91 bits per heavy atom. The summed E-state index contributed by atoms with van der Waals surface area (Å²) in [5.41, 5.74) is -0.245. The lowest BCUT2D eigenvalue weighted by atomic mass is 9.86. The van der Waals surface area contributed by atoms with E-state index in [2.05, 4.69) is 5.32 Å². The Morgan fingerprint density at radius 1 is 1.22 bits per heavy atom. The molecule has 2 aliphatic rings. The summed E-state index contributed by atoms with van der Waals surface area (Å²) < 4.78 is 0. The summed E-state index contributed by atoms with van der Waals surface area (Å²) in [6.07, 6.45) is 3.17. The van der Waals surface area contributed by atoms with E-state index in [1.165, 1.54) is 0 Å². The number of hydrogen-bond donors (Lipinski definition) is 1. The van der Waals surface area contributed by atoms with Gasteiger partial charge in [0.1, 0.15) is 5.54 Å². The summed E-state index contributed by atoms with van der Waals surface area (Å²) in [5.74, 6) is 0.0357. The number of amides is 3. The summed E-state index contributed by atoms with van der Waals surface area (Å²) in [4.78, 5) is 28.8. The van der Waals surface area contributed by atoms with Crippen LogP contribution in [0.15, 0.2) is 18.2 Å². The van der Waals surface area contributed by atoms with Gasteiger partial charge in [-0.05, 0) is 37.8 Å². The molecule has 1 aromatic carbocycles. The first kappa shape index (κ1) is 16.4. The van der Waals surface area contributed by atoms with Crippen molar-refractivity contribution in [2.24, 2.45) is 0 Å². The van der Waals surface area contributed by atoms with Crippen molar-refractivity contribution in [3.8, 4) is 0 Å². The van der Waals surface area contributed by atoms with Crippen molar-refractivity contribution in [1.29, 1.82) is 0 Å². The van der Waals surface area contributed by atoms with Crippen LogP contribution in [-0.2, 0) is 4.79 Å². The van der Waals surface area contributed by atoms with Gasteiger partial charge in [-0.3, -0.25) is 4.79 Å². The van der Waals surface area contributed by atoms with Gasteiger partial charge in [0.05, 0.1) is 15.7 Å². The van der Waals surface area contributed by atoms with E-state index in [1.54, 1.807) is 35.0 Å². The quantitative estimate of drug-likeness (QED) is 0.836. The van der Waals surface area contributed by atoms with E-state index in [0.717, 1.165) is 19.4 Å². The number of benzene rings is 1. The third-order valence-corrected chi connectivity index (χ3v) is 5.57. The molecule has 2 aliphatic heterocycles. The Labute approximate surface area is 145 Å². The molecule has 23 heavy (non-hydrogen) atoms. The second-order valence-electron chi connectivity index (χ2n) is 6.15. The Hall–Kier alpha value is -1.46. The van der Waals surface area contributed by atoms with Crippen LogP contribution in [0.4, 0.5) is 10.5 Å². The lowest BCUT2D eigenvalue weighted by molar-refractivity contribution is -0.143. The number of anilines is 1. The molecule has 2 fully saturated rings. The zero-order valence-electron chi connectivity index (χ0n) is 12.9. The van der Waals surface area contributed by atoms with Crippen LogP contribution in [0.2, 0.25) is 10.0 Å². The van der Waals surface area contributed by atoms with E-state index in [-0.39, 0.29) is 11.9 Å². The van der Waals surface area contributed by atoms with Crippen molar-refractivity contribution in [3.63, 3.8) is 0 Å². The molecular formula is C16H19Cl2N3O2. The van der Waals surface area contributed by atoms with Gasteiger partial charge < -0.3 is 15.1 Å². The van der Waals surface area contributed by atoms with Crippen molar-refractivity contribution < 1.29 is 9.59 Å². The first-order chi connectivity index (χ1) is 11.0. The van der Waals surface area contributed by atoms with Gasteiger partial charge in [-0.1, -0.05) is 29.3 Å². The number of carbonyl (C=O) groups excluding carboxylic acids is 2. The van der Waals surface area contributed by atoms with Gasteiger partial charge in [0.15, 0.2) is 0 Å². The number of likely N-dealkylation sites (N-methyl/N-ethyl adjacent to an activating group) is 1. The number of piperidine rings is 1. The zero-order valence-corrected chi connectivity index (χ0v) is 14.5. The van der Waals surface area contributed by atoms with Crippen LogP contribution < -0.4 is 5.32 Å². The molecule has 5 nitrogen and oxygen atoms in total. The van der Waals surface area contributed by atoms with Crippen LogP contribution in [0, 0.1) is 0 Å². The summed E-state index contributed by atoms with van der Waals surface area (Å²) in [5, 5.41) is 3.49. The van der Waals surface area contributed by atoms with Crippen molar-refractivity contribution >= 4 is 40.8 Å². The number of rotatable bonds is 1. The fraction of sp³-hybridized carbons (Fsp3) is 0.500. The topological polar surface area (TPSA) is 52.6 Å². The summed E-state index contributed by atoms with van der Waals surface area (Å²) in [6.45, 7) is 1.32. The Balaban J connectivity index is 1.84. The highest BCUT2D eigenvalue weighted by molar-refractivity contribution is 6.43. The summed E-state index contributed by atoms with van der Waals surface area (Å²) in [7, 11) is 1.80. The molecule has 1 aromatic rings. The molecule has 0 aromatic heterocycles. The van der Waals surface area contributed by atoms with Crippen LogP contribution >= 0.6 is 23.2 Å². The number of halogens is 2. The molecule has 7 heteroatoms. The fourth-order valence-electron chi connectivity index (χ4n) is 3.61. The Bertz CT molecular complexity index is 652. The predicted octanol–water partition coefficient (Wildman–Crippen LogP) is 3.61. The van der Waals surface area contributed by atoms with Crippen LogP contribution in [0.25, 0.3) is 0 Å². The second kappa shape index (κ2) is 6.21. The maximum Gasteiger partial charge on any atom is 0.322 e. The maximum absolute atomic E-state index is 12.7. The minimum atomic E-state index is -0.706. The molecule has 3 amide bonds. The molecule has 0 radical (unpaired) electrons. The molecular weight excluding hydrogens is 337 g/mol. The van der Waals surface area contributed by atoms with Gasteiger partial charge in [0.2, 0.25) is 5.91 Å². The van der Waals surface area contributed by atoms with E-state index in [9.17, 15) is 9.59 Å². The lowest BCUT2D eigenvalue weighted by Crippen LogP contribution is -2.61. The SMILES string of the molecule is CN1CCCC2(CCCN2C(=O)Nc2cccc(Cl)c2Cl)C1=O. The molecule has 0 saturated carbocycles. The van der Waals surface area contributed by atoms with Gasteiger partial charge in [-0.15, -0.1) is 0 Å². The highest BCUT2D eigenvalue weighted by Crippen LogP contribution is 2.38. The lowest BCUT2D eigenvalue weighted by Gasteiger charge is -2.43. The maximum atomic E-state index is 12.7. The molecule has 3 rings (SSSR count). The van der Waals surface area contributed by atoms with Crippen molar-refractivity contribution in [2.75, 3.05) is 25.5 Å². The molecule has 1 atom stereocenters. The normalized spacial score (nSPS) is 24.4. The third-order valence-electron chi connectivity index (χ3n) is 4.76. The van der Waals surface area contributed by atoms with Gasteiger partial charge >= 0.3 is 6.03 Å². The minimum Gasteiger partial charge on any atom is -0.344 e. The predicted molar refractivity (Wildman–Crippen MR) is 91.0 cm³/mol. The van der Waals surface area contributed by atoms with Crippen molar-refractivity contribution in [3.05, 3.63) is 28.2 Å². The number of nitrogens with one attached hydrogen (secondary N) is 1. The van der Waals surface area contributed by atoms with Crippen LogP contribution in [0.3, 0.4) is 0 Å². The van der Waals surface area contributed by atoms with Gasteiger partial charge in [-0.2, -0.15) is 0 Å². The molecule has 2 saturated heterocycles. The molecule has 0 aliphatic carbocycles. The van der Waals surface area contributed by atoms with Crippen LogP contribution in [0.5, 0.6) is 0 Å². The fourth-order valence-corrected chi connectivity index (χ4v) is 3.96. The molecule has 1 unspecified atom stereocenters. The molecule has 124 valence electrons. The largest absolute Gasteiger partial charge is 0.344 e. The standard InChI is InChI=1S/C16H19Cl2N3O2/c1-20-9-3-7-16(14(20)22)8-4-10-21(16)15(23)19-12-6-2-5-11(17)13(12)18/h2,5-6H,3-4,7-10H2,1H3,(H,19,23). The average molecular weight is 356 g/mol. The highest BCUT2D eigenvalue weighted by Gasteiger charge is 2.52. The molecule has 1 spiro atoms. The first-order valence-electron chi connectivity index (χ1n) is 7.74. The number of hydrogen-bond acceptors (Lipinski definition) is 2. The highest BCUT2D eigenvalue weighted by atomic mass is 35.5. The Kier molecular flexibility index (Phi) is 4.43. The average Bonchev–Trinajstić information content (AvgIpc) is 2.94. The second-order valence-corrected chi connectivity index (χ2v) is 6.93. The van der Waals surface area contributed by atoms with Crippen LogP contribution in [0.1, 0.15) is 25.7 Å². The Morgan fingerprint density at radius 3 is 2.65 bits per heavy atom.